The Bertz CT molecular complexity index is 1240. The predicted octanol–water partition coefficient (Wildman–Crippen LogP) is 5.91. The van der Waals surface area contributed by atoms with Crippen LogP contribution in [0.4, 0.5) is 10.2 Å². The molecular weight excluding hydrogens is 463 g/mol. The fraction of sp³-hybridized carbons (Fsp3) is 0.500. The summed E-state index contributed by atoms with van der Waals surface area (Å²) in [6, 6.07) is 7.22. The fourth-order valence-electron chi connectivity index (χ4n) is 5.35. The normalized spacial score (nSPS) is 24.2. The second kappa shape index (κ2) is 9.50. The van der Waals surface area contributed by atoms with Crippen LogP contribution < -0.4 is 4.90 Å². The van der Waals surface area contributed by atoms with Crippen molar-refractivity contribution in [2.24, 2.45) is 5.41 Å². The van der Waals surface area contributed by atoms with Crippen molar-refractivity contribution < 1.29 is 9.50 Å². The number of alkyl halides is 1. The van der Waals surface area contributed by atoms with E-state index in [0.717, 1.165) is 38.5 Å². The molecule has 182 valence electrons. The van der Waals surface area contributed by atoms with E-state index in [1.807, 2.05) is 12.1 Å². The number of hydrogen-bond acceptors (Lipinski definition) is 8. The topological polar surface area (TPSA) is 98.8 Å². The van der Waals surface area contributed by atoms with Crippen LogP contribution in [0.25, 0.3) is 22.6 Å². The number of nitrogens with zero attached hydrogens (tertiary/aromatic N) is 6. The number of aromatic hydroxyl groups is 1. The third kappa shape index (κ3) is 4.85. The van der Waals surface area contributed by atoms with E-state index in [0.29, 0.717) is 39.9 Å². The van der Waals surface area contributed by atoms with Crippen molar-refractivity contribution in [3.63, 3.8) is 0 Å². The molecule has 0 radical (unpaired) electrons. The van der Waals surface area contributed by atoms with Gasteiger partial charge in [-0.2, -0.15) is 5.26 Å². The van der Waals surface area contributed by atoms with Crippen LogP contribution in [0.3, 0.4) is 0 Å². The molecule has 5 rings (SSSR count). The van der Waals surface area contributed by atoms with Crippen LogP contribution in [-0.4, -0.2) is 43.5 Å². The highest BCUT2D eigenvalue weighted by Gasteiger charge is 2.45. The zero-order valence-corrected chi connectivity index (χ0v) is 20.8. The molecular formula is C26H29FN6OS. The van der Waals surface area contributed by atoms with E-state index in [1.165, 1.54) is 11.3 Å². The van der Waals surface area contributed by atoms with Gasteiger partial charge in [0.25, 0.3) is 0 Å². The summed E-state index contributed by atoms with van der Waals surface area (Å²) in [6.45, 7) is 4.48. The third-order valence-corrected chi connectivity index (χ3v) is 7.99. The van der Waals surface area contributed by atoms with Gasteiger partial charge < -0.3 is 10.0 Å². The summed E-state index contributed by atoms with van der Waals surface area (Å²) in [6.07, 6.45) is 7.36. The van der Waals surface area contributed by atoms with E-state index in [4.69, 9.17) is 5.26 Å². The molecule has 0 bridgehead atoms. The predicted molar refractivity (Wildman–Crippen MR) is 134 cm³/mol. The minimum Gasteiger partial charge on any atom is -0.507 e. The van der Waals surface area contributed by atoms with Crippen LogP contribution in [-0.2, 0) is 0 Å². The molecule has 0 saturated heterocycles. The highest BCUT2D eigenvalue weighted by molar-refractivity contribution is 7.10. The number of hydrogen-bond donors (Lipinski definition) is 1. The van der Waals surface area contributed by atoms with E-state index < -0.39 is 6.17 Å². The van der Waals surface area contributed by atoms with Crippen molar-refractivity contribution in [1.82, 2.24) is 20.2 Å². The summed E-state index contributed by atoms with van der Waals surface area (Å²) in [5.74, 6) is 0.919. The van der Waals surface area contributed by atoms with Gasteiger partial charge in [-0.15, -0.1) is 21.5 Å². The van der Waals surface area contributed by atoms with Gasteiger partial charge in [-0.05, 0) is 56.1 Å². The minimum atomic E-state index is -0.883. The molecule has 2 aliphatic carbocycles. The quantitative estimate of drug-likeness (QED) is 0.438. The molecule has 1 N–H and O–H groups in total. The number of thiazole rings is 1. The first-order valence-electron chi connectivity index (χ1n) is 12.2. The number of phenols is 1. The van der Waals surface area contributed by atoms with Gasteiger partial charge in [0.2, 0.25) is 0 Å². The van der Waals surface area contributed by atoms with Gasteiger partial charge in [0, 0.05) is 17.0 Å². The van der Waals surface area contributed by atoms with Gasteiger partial charge >= 0.3 is 0 Å². The standard InChI is InChI=1S/C26H29FN6OS/c1-3-9-26(2)10-8-19(27)21(12-26)33(17-5-6-17)23-14-29-25(32-31-23)18-7-4-16(11-22(18)34)20-15-35-24(13-28)30-20/h4,7,11,14-15,17,19,21,34H,3,5-6,8-10,12H2,1-2H3/t19-,21+,26+/m0/s1. The SMILES string of the molecule is CCC[C@]1(C)CC[C@H](F)[C@H](N(c2cnc(-c3ccc(-c4csc(C#N)n4)cc3O)nn2)C2CC2)C1. The molecule has 0 unspecified atom stereocenters. The van der Waals surface area contributed by atoms with Gasteiger partial charge in [-0.3, -0.25) is 0 Å². The number of anilines is 1. The van der Waals surface area contributed by atoms with Gasteiger partial charge in [-0.25, -0.2) is 14.4 Å². The molecule has 3 aromatic rings. The van der Waals surface area contributed by atoms with Gasteiger partial charge in [0.05, 0.1) is 23.5 Å². The van der Waals surface area contributed by atoms with Gasteiger partial charge in [-0.1, -0.05) is 26.3 Å². The number of aromatic nitrogens is 4. The maximum Gasteiger partial charge on any atom is 0.194 e. The lowest BCUT2D eigenvalue weighted by atomic mass is 9.70. The second-order valence-electron chi connectivity index (χ2n) is 10.0. The molecule has 35 heavy (non-hydrogen) atoms. The van der Waals surface area contributed by atoms with Crippen molar-refractivity contribution >= 4 is 17.2 Å². The lowest BCUT2D eigenvalue weighted by molar-refractivity contribution is 0.0994. The molecule has 2 heterocycles. The first kappa shape index (κ1) is 23.6. The number of benzene rings is 1. The largest absolute Gasteiger partial charge is 0.507 e. The molecule has 2 aliphatic rings. The molecule has 2 fully saturated rings. The Balaban J connectivity index is 1.39. The highest BCUT2D eigenvalue weighted by atomic mass is 32.1. The Labute approximate surface area is 208 Å². The zero-order chi connectivity index (χ0) is 24.6. The van der Waals surface area contributed by atoms with E-state index in [2.05, 4.69) is 38.9 Å². The van der Waals surface area contributed by atoms with E-state index >= 15 is 4.39 Å². The monoisotopic (exact) mass is 492 g/mol. The lowest BCUT2D eigenvalue weighted by Gasteiger charge is -2.45. The first-order valence-corrected chi connectivity index (χ1v) is 13.1. The minimum absolute atomic E-state index is 0.00837. The fourth-order valence-corrected chi connectivity index (χ4v) is 5.96. The Morgan fingerprint density at radius 1 is 1.29 bits per heavy atom. The Morgan fingerprint density at radius 2 is 2.11 bits per heavy atom. The van der Waals surface area contributed by atoms with Crippen molar-refractivity contribution in [1.29, 1.82) is 5.26 Å². The molecule has 1 aromatic carbocycles. The lowest BCUT2D eigenvalue weighted by Crippen LogP contribution is -2.50. The van der Waals surface area contributed by atoms with Crippen LogP contribution in [0, 0.1) is 16.7 Å². The summed E-state index contributed by atoms with van der Waals surface area (Å²) >= 11 is 1.26. The summed E-state index contributed by atoms with van der Waals surface area (Å²) in [7, 11) is 0. The average molecular weight is 493 g/mol. The van der Waals surface area contributed by atoms with Crippen molar-refractivity contribution in [2.45, 2.75) is 77.0 Å². The molecule has 7 nitrogen and oxygen atoms in total. The molecule has 0 aliphatic heterocycles. The molecule has 3 atom stereocenters. The summed E-state index contributed by atoms with van der Waals surface area (Å²) in [4.78, 5) is 10.9. The van der Waals surface area contributed by atoms with Crippen LogP contribution in [0.5, 0.6) is 5.75 Å². The Hall–Kier alpha value is -3.12. The number of nitriles is 1. The smallest absolute Gasteiger partial charge is 0.194 e. The maximum absolute atomic E-state index is 15.2. The summed E-state index contributed by atoms with van der Waals surface area (Å²) < 4.78 is 15.2. The molecule has 2 aromatic heterocycles. The molecule has 0 amide bonds. The van der Waals surface area contributed by atoms with Crippen molar-refractivity contribution in [3.05, 3.63) is 34.8 Å². The van der Waals surface area contributed by atoms with Crippen LogP contribution in [0.1, 0.15) is 63.8 Å². The van der Waals surface area contributed by atoms with E-state index in [1.54, 1.807) is 23.7 Å². The molecule has 0 spiro atoms. The summed E-state index contributed by atoms with van der Waals surface area (Å²) in [5.41, 5.74) is 1.94. The van der Waals surface area contributed by atoms with E-state index in [-0.39, 0.29) is 23.2 Å². The van der Waals surface area contributed by atoms with Crippen LogP contribution in [0.15, 0.2) is 29.8 Å². The average Bonchev–Trinajstić information content (AvgIpc) is 3.57. The highest BCUT2D eigenvalue weighted by Crippen LogP contribution is 2.46. The van der Waals surface area contributed by atoms with Gasteiger partial charge in [0.1, 0.15) is 18.0 Å². The Kier molecular flexibility index (Phi) is 6.41. The zero-order valence-electron chi connectivity index (χ0n) is 20.0. The molecule has 2 saturated carbocycles. The maximum atomic E-state index is 15.2. The second-order valence-corrected chi connectivity index (χ2v) is 10.9. The van der Waals surface area contributed by atoms with E-state index in [9.17, 15) is 5.11 Å². The molecule has 9 heteroatoms. The number of phenolic OH excluding ortho intramolecular Hbond substituents is 1. The first-order chi connectivity index (χ1) is 16.9. The summed E-state index contributed by atoms with van der Waals surface area (Å²) in [5, 5.41) is 30.5. The third-order valence-electron chi connectivity index (χ3n) is 7.24. The van der Waals surface area contributed by atoms with Crippen molar-refractivity contribution in [3.8, 4) is 34.5 Å². The van der Waals surface area contributed by atoms with Crippen molar-refractivity contribution in [2.75, 3.05) is 4.90 Å². The Morgan fingerprint density at radius 3 is 2.74 bits per heavy atom. The van der Waals surface area contributed by atoms with Gasteiger partial charge in [0.15, 0.2) is 16.6 Å². The van der Waals surface area contributed by atoms with Crippen LogP contribution >= 0.6 is 11.3 Å². The number of rotatable bonds is 7. The van der Waals surface area contributed by atoms with Crippen LogP contribution in [0.2, 0.25) is 0 Å². The number of halogens is 1.